The Hall–Kier alpha value is -1.56. The molecule has 0 aliphatic heterocycles. The minimum Gasteiger partial charge on any atom is -0.466 e. The molecular formula is C11H12BrN3O3. The molecule has 0 bridgehead atoms. The highest BCUT2D eigenvalue weighted by Gasteiger charge is 2.28. The lowest BCUT2D eigenvalue weighted by atomic mass is 10.0. The van der Waals surface area contributed by atoms with Gasteiger partial charge in [0.05, 0.1) is 12.7 Å². The molecule has 0 aliphatic rings. The Kier molecular flexibility index (Phi) is 5.64. The molecular weight excluding hydrogens is 302 g/mol. The number of hydrogen-bond acceptors (Lipinski definition) is 4. The van der Waals surface area contributed by atoms with Crippen LogP contribution in [0, 0.1) is 0 Å². The van der Waals surface area contributed by atoms with E-state index < -0.39 is 18.1 Å². The summed E-state index contributed by atoms with van der Waals surface area (Å²) < 4.78 is 5.51. The minimum absolute atomic E-state index is 0.154. The van der Waals surface area contributed by atoms with Gasteiger partial charge in [0.2, 0.25) is 0 Å². The van der Waals surface area contributed by atoms with Crippen LogP contribution in [0.1, 0.15) is 18.6 Å². The number of aliphatic hydroxyl groups excluding tert-OH is 1. The number of aliphatic hydroxyl groups is 1. The van der Waals surface area contributed by atoms with Gasteiger partial charge in [-0.05, 0) is 30.2 Å². The average Bonchev–Trinajstić information content (AvgIpc) is 2.35. The van der Waals surface area contributed by atoms with E-state index in [1.54, 1.807) is 31.2 Å². The van der Waals surface area contributed by atoms with Crippen molar-refractivity contribution in [1.82, 2.24) is 0 Å². The topological polar surface area (TPSA) is 95.3 Å². The standard InChI is InChI=1S/C11H12BrN3O3/c1-2-18-11(17)9(14-15-13)10(16)7-4-3-5-8(12)6-7/h3-6,9-10,16H,2H2,1H3/t9-,10+/m1/s1. The zero-order valence-electron chi connectivity index (χ0n) is 9.65. The number of carbonyl (C=O) groups excluding carboxylic acids is 1. The first kappa shape index (κ1) is 14.5. The van der Waals surface area contributed by atoms with E-state index in [0.29, 0.717) is 5.56 Å². The summed E-state index contributed by atoms with van der Waals surface area (Å²) in [6.45, 7) is 1.79. The molecule has 2 atom stereocenters. The van der Waals surface area contributed by atoms with Gasteiger partial charge < -0.3 is 9.84 Å². The van der Waals surface area contributed by atoms with Crippen LogP contribution in [0.15, 0.2) is 33.9 Å². The number of halogens is 1. The molecule has 7 heteroatoms. The van der Waals surface area contributed by atoms with Gasteiger partial charge in [-0.3, -0.25) is 4.79 Å². The van der Waals surface area contributed by atoms with Gasteiger partial charge in [0, 0.05) is 9.38 Å². The van der Waals surface area contributed by atoms with Gasteiger partial charge in [-0.25, -0.2) is 0 Å². The second-order valence-corrected chi connectivity index (χ2v) is 4.32. The van der Waals surface area contributed by atoms with Gasteiger partial charge in [0.25, 0.3) is 0 Å². The predicted octanol–water partition coefficient (Wildman–Crippen LogP) is 2.72. The van der Waals surface area contributed by atoms with E-state index >= 15 is 0 Å². The molecule has 0 spiro atoms. The van der Waals surface area contributed by atoms with Crippen molar-refractivity contribution >= 4 is 21.9 Å². The van der Waals surface area contributed by atoms with Gasteiger partial charge in [0.15, 0.2) is 6.04 Å². The van der Waals surface area contributed by atoms with Gasteiger partial charge in [-0.1, -0.05) is 33.2 Å². The number of rotatable bonds is 5. The lowest BCUT2D eigenvalue weighted by Gasteiger charge is -2.17. The normalized spacial score (nSPS) is 13.3. The van der Waals surface area contributed by atoms with Crippen molar-refractivity contribution in [2.75, 3.05) is 6.61 Å². The highest BCUT2D eigenvalue weighted by Crippen LogP contribution is 2.23. The Morgan fingerprint density at radius 3 is 2.94 bits per heavy atom. The molecule has 0 unspecified atom stereocenters. The molecule has 0 heterocycles. The number of azide groups is 1. The summed E-state index contributed by atoms with van der Waals surface area (Å²) in [5.74, 6) is -0.747. The molecule has 0 fully saturated rings. The van der Waals surface area contributed by atoms with E-state index in [2.05, 4.69) is 26.0 Å². The fourth-order valence-electron chi connectivity index (χ4n) is 1.40. The van der Waals surface area contributed by atoms with E-state index in [0.717, 1.165) is 4.47 Å². The van der Waals surface area contributed by atoms with Crippen LogP contribution in [0.4, 0.5) is 0 Å². The maximum Gasteiger partial charge on any atom is 0.317 e. The van der Waals surface area contributed by atoms with Crippen molar-refractivity contribution < 1.29 is 14.6 Å². The van der Waals surface area contributed by atoms with Crippen molar-refractivity contribution in [2.45, 2.75) is 19.1 Å². The smallest absolute Gasteiger partial charge is 0.317 e. The number of esters is 1. The summed E-state index contributed by atoms with van der Waals surface area (Å²) in [5.41, 5.74) is 8.90. The van der Waals surface area contributed by atoms with Crippen molar-refractivity contribution in [2.24, 2.45) is 5.11 Å². The molecule has 0 saturated heterocycles. The van der Waals surface area contributed by atoms with Crippen LogP contribution in [0.5, 0.6) is 0 Å². The molecule has 0 radical (unpaired) electrons. The number of ether oxygens (including phenoxy) is 1. The van der Waals surface area contributed by atoms with Crippen LogP contribution < -0.4 is 0 Å². The molecule has 0 amide bonds. The van der Waals surface area contributed by atoms with Crippen molar-refractivity contribution in [1.29, 1.82) is 0 Å². The van der Waals surface area contributed by atoms with E-state index in [-0.39, 0.29) is 6.61 Å². The summed E-state index contributed by atoms with van der Waals surface area (Å²) in [5, 5.41) is 13.3. The maximum atomic E-state index is 11.6. The Labute approximate surface area is 112 Å². The van der Waals surface area contributed by atoms with Gasteiger partial charge >= 0.3 is 5.97 Å². The third-order valence-corrected chi connectivity index (χ3v) is 2.69. The lowest BCUT2D eigenvalue weighted by molar-refractivity contribution is -0.147. The zero-order valence-corrected chi connectivity index (χ0v) is 11.2. The summed E-state index contributed by atoms with van der Waals surface area (Å²) in [6, 6.07) is 5.48. The fraction of sp³-hybridized carbons (Fsp3) is 0.364. The summed E-state index contributed by atoms with van der Waals surface area (Å²) >= 11 is 3.26. The SMILES string of the molecule is CCOC(=O)[C@H](N=[N+]=[N-])[C@@H](O)c1cccc(Br)c1. The highest BCUT2D eigenvalue weighted by atomic mass is 79.9. The molecule has 1 N–H and O–H groups in total. The highest BCUT2D eigenvalue weighted by molar-refractivity contribution is 9.10. The largest absolute Gasteiger partial charge is 0.466 e. The van der Waals surface area contributed by atoms with Crippen LogP contribution in [0.25, 0.3) is 10.4 Å². The third-order valence-electron chi connectivity index (χ3n) is 2.19. The molecule has 1 aromatic rings. The van der Waals surface area contributed by atoms with Gasteiger partial charge in [0.1, 0.15) is 0 Å². The zero-order chi connectivity index (χ0) is 13.5. The monoisotopic (exact) mass is 313 g/mol. The Balaban J connectivity index is 2.99. The number of benzene rings is 1. The van der Waals surface area contributed by atoms with E-state index in [1.807, 2.05) is 0 Å². The second-order valence-electron chi connectivity index (χ2n) is 3.40. The van der Waals surface area contributed by atoms with Crippen LogP contribution in [-0.4, -0.2) is 23.7 Å². The molecule has 6 nitrogen and oxygen atoms in total. The first-order valence-corrected chi connectivity index (χ1v) is 6.03. The van der Waals surface area contributed by atoms with Crippen molar-refractivity contribution in [3.05, 3.63) is 44.7 Å². The van der Waals surface area contributed by atoms with Crippen LogP contribution in [0.2, 0.25) is 0 Å². The number of hydrogen-bond donors (Lipinski definition) is 1. The van der Waals surface area contributed by atoms with Crippen LogP contribution in [-0.2, 0) is 9.53 Å². The Bertz CT molecular complexity index is 474. The number of nitrogens with zero attached hydrogens (tertiary/aromatic N) is 3. The van der Waals surface area contributed by atoms with Gasteiger partial charge in [-0.15, -0.1) is 0 Å². The van der Waals surface area contributed by atoms with Gasteiger partial charge in [-0.2, -0.15) is 0 Å². The molecule has 1 rings (SSSR count). The number of carbonyl (C=O) groups is 1. The molecule has 18 heavy (non-hydrogen) atoms. The summed E-state index contributed by atoms with van der Waals surface area (Å²) in [6.07, 6.45) is -1.24. The maximum absolute atomic E-state index is 11.6. The third kappa shape index (κ3) is 3.73. The average molecular weight is 314 g/mol. The quantitative estimate of drug-likeness (QED) is 0.392. The van der Waals surface area contributed by atoms with Crippen molar-refractivity contribution in [3.8, 4) is 0 Å². The minimum atomic E-state index is -1.29. The lowest BCUT2D eigenvalue weighted by Crippen LogP contribution is -2.28. The molecule has 96 valence electrons. The first-order valence-electron chi connectivity index (χ1n) is 5.24. The summed E-state index contributed by atoms with van der Waals surface area (Å²) in [4.78, 5) is 14.1. The van der Waals surface area contributed by atoms with Crippen LogP contribution >= 0.6 is 15.9 Å². The molecule has 0 aliphatic carbocycles. The van der Waals surface area contributed by atoms with E-state index in [1.165, 1.54) is 0 Å². The molecule has 0 aromatic heterocycles. The van der Waals surface area contributed by atoms with E-state index in [9.17, 15) is 9.90 Å². The Morgan fingerprint density at radius 2 is 2.39 bits per heavy atom. The summed E-state index contributed by atoms with van der Waals surface area (Å²) in [7, 11) is 0. The molecule has 0 saturated carbocycles. The van der Waals surface area contributed by atoms with Crippen LogP contribution in [0.3, 0.4) is 0 Å². The van der Waals surface area contributed by atoms with E-state index in [4.69, 9.17) is 10.3 Å². The second kappa shape index (κ2) is 7.00. The first-order chi connectivity index (χ1) is 8.60. The predicted molar refractivity (Wildman–Crippen MR) is 68.7 cm³/mol. The molecule has 1 aromatic carbocycles. The fourth-order valence-corrected chi connectivity index (χ4v) is 1.81. The Morgan fingerprint density at radius 1 is 1.67 bits per heavy atom. The van der Waals surface area contributed by atoms with Crippen molar-refractivity contribution in [3.63, 3.8) is 0 Å².